The number of hydrogen-bond acceptors (Lipinski definition) is 1. The van der Waals surface area contributed by atoms with E-state index in [0.717, 1.165) is 12.2 Å². The van der Waals surface area contributed by atoms with Crippen molar-refractivity contribution < 1.29 is 4.42 Å². The maximum atomic E-state index is 5.51. The van der Waals surface area contributed by atoms with Gasteiger partial charge in [0.15, 0.2) is 0 Å². The lowest BCUT2D eigenvalue weighted by Crippen LogP contribution is -1.87. The van der Waals surface area contributed by atoms with E-state index in [1.165, 1.54) is 21.9 Å². The molecule has 1 heterocycles. The molecule has 0 aliphatic rings. The number of benzene rings is 2. The van der Waals surface area contributed by atoms with E-state index >= 15 is 0 Å². The monoisotopic (exact) mass is 222 g/mol. The lowest BCUT2D eigenvalue weighted by Gasteiger charge is -2.08. The van der Waals surface area contributed by atoms with E-state index in [1.54, 1.807) is 6.26 Å². The molecule has 0 bridgehead atoms. The largest absolute Gasteiger partial charge is 0.464 e. The third-order valence-electron chi connectivity index (χ3n) is 3.14. The molecular formula is C16H14O. The number of furan rings is 1. The zero-order valence-electron chi connectivity index (χ0n) is 9.81. The number of rotatable bonds is 2. The molecule has 0 saturated heterocycles. The second-order valence-electron chi connectivity index (χ2n) is 4.19. The fraction of sp³-hybridized carbons (Fsp3) is 0.125. The van der Waals surface area contributed by atoms with Gasteiger partial charge in [0, 0.05) is 5.56 Å². The summed E-state index contributed by atoms with van der Waals surface area (Å²) in [6.45, 7) is 2.18. The van der Waals surface area contributed by atoms with Crippen LogP contribution in [0.4, 0.5) is 0 Å². The van der Waals surface area contributed by atoms with E-state index in [4.69, 9.17) is 4.42 Å². The molecule has 1 nitrogen and oxygen atoms in total. The zero-order chi connectivity index (χ0) is 11.7. The molecule has 84 valence electrons. The van der Waals surface area contributed by atoms with Crippen LogP contribution in [0.25, 0.3) is 22.1 Å². The second kappa shape index (κ2) is 4.10. The van der Waals surface area contributed by atoms with Crippen LogP contribution in [0.2, 0.25) is 0 Å². The maximum Gasteiger partial charge on any atom is 0.134 e. The summed E-state index contributed by atoms with van der Waals surface area (Å²) in [5, 5.41) is 2.55. The average molecular weight is 222 g/mol. The summed E-state index contributed by atoms with van der Waals surface area (Å²) in [6.07, 6.45) is 2.74. The third-order valence-corrected chi connectivity index (χ3v) is 3.14. The van der Waals surface area contributed by atoms with Gasteiger partial charge in [0.05, 0.1) is 6.26 Å². The SMILES string of the molecule is CCc1cc2ccccc2cc1-c1ccco1. The van der Waals surface area contributed by atoms with Gasteiger partial charge < -0.3 is 4.42 Å². The van der Waals surface area contributed by atoms with Gasteiger partial charge in [-0.2, -0.15) is 0 Å². The van der Waals surface area contributed by atoms with Crippen molar-refractivity contribution in [2.24, 2.45) is 0 Å². The minimum atomic E-state index is 0.951. The van der Waals surface area contributed by atoms with Crippen molar-refractivity contribution in [2.75, 3.05) is 0 Å². The zero-order valence-corrected chi connectivity index (χ0v) is 9.81. The summed E-state index contributed by atoms with van der Waals surface area (Å²) < 4.78 is 5.51. The molecule has 1 heteroatoms. The molecule has 0 fully saturated rings. The van der Waals surface area contributed by atoms with Crippen molar-refractivity contribution in [3.63, 3.8) is 0 Å². The van der Waals surface area contributed by atoms with Crippen molar-refractivity contribution in [1.29, 1.82) is 0 Å². The molecular weight excluding hydrogens is 208 g/mol. The van der Waals surface area contributed by atoms with Crippen LogP contribution in [0.15, 0.2) is 59.2 Å². The number of fused-ring (bicyclic) bond motifs is 1. The molecule has 0 unspecified atom stereocenters. The summed E-state index contributed by atoms with van der Waals surface area (Å²) in [5.41, 5.74) is 2.54. The number of hydrogen-bond donors (Lipinski definition) is 0. The molecule has 0 radical (unpaired) electrons. The van der Waals surface area contributed by atoms with Crippen LogP contribution in [0.1, 0.15) is 12.5 Å². The Morgan fingerprint density at radius 2 is 1.71 bits per heavy atom. The van der Waals surface area contributed by atoms with E-state index in [9.17, 15) is 0 Å². The van der Waals surface area contributed by atoms with E-state index in [0.29, 0.717) is 0 Å². The topological polar surface area (TPSA) is 13.1 Å². The standard InChI is InChI=1S/C16H14O/c1-2-12-10-13-6-3-4-7-14(13)11-15(12)16-8-5-9-17-16/h3-11H,2H2,1H3. The first kappa shape index (κ1) is 10.2. The van der Waals surface area contributed by atoms with E-state index in [-0.39, 0.29) is 0 Å². The van der Waals surface area contributed by atoms with Crippen LogP contribution in [-0.4, -0.2) is 0 Å². The fourth-order valence-electron chi connectivity index (χ4n) is 2.24. The van der Waals surface area contributed by atoms with Gasteiger partial charge in [0.2, 0.25) is 0 Å². The van der Waals surface area contributed by atoms with E-state index in [1.807, 2.05) is 12.1 Å². The molecule has 1 aromatic heterocycles. The molecule has 0 saturated carbocycles. The highest BCUT2D eigenvalue weighted by Gasteiger charge is 2.07. The Hall–Kier alpha value is -2.02. The first-order valence-corrected chi connectivity index (χ1v) is 5.94. The van der Waals surface area contributed by atoms with Crippen molar-refractivity contribution in [3.05, 3.63) is 60.4 Å². The smallest absolute Gasteiger partial charge is 0.134 e. The molecule has 0 aliphatic heterocycles. The summed E-state index contributed by atoms with van der Waals surface area (Å²) in [4.78, 5) is 0. The van der Waals surface area contributed by atoms with Crippen molar-refractivity contribution in [2.45, 2.75) is 13.3 Å². The van der Waals surface area contributed by atoms with Crippen molar-refractivity contribution in [1.82, 2.24) is 0 Å². The predicted octanol–water partition coefficient (Wildman–Crippen LogP) is 4.66. The van der Waals surface area contributed by atoms with Gasteiger partial charge in [0.25, 0.3) is 0 Å². The maximum absolute atomic E-state index is 5.51. The molecule has 0 aliphatic carbocycles. The quantitative estimate of drug-likeness (QED) is 0.614. The molecule has 17 heavy (non-hydrogen) atoms. The van der Waals surface area contributed by atoms with Crippen LogP contribution in [0, 0.1) is 0 Å². The van der Waals surface area contributed by atoms with Gasteiger partial charge in [-0.25, -0.2) is 0 Å². The highest BCUT2D eigenvalue weighted by Crippen LogP contribution is 2.29. The summed E-state index contributed by atoms with van der Waals surface area (Å²) in [6, 6.07) is 16.9. The Labute approximate surface area is 101 Å². The van der Waals surface area contributed by atoms with Crippen LogP contribution in [0.5, 0.6) is 0 Å². The highest BCUT2D eigenvalue weighted by atomic mass is 16.3. The summed E-state index contributed by atoms with van der Waals surface area (Å²) >= 11 is 0. The third kappa shape index (κ3) is 1.74. The van der Waals surface area contributed by atoms with Gasteiger partial charge in [-0.3, -0.25) is 0 Å². The van der Waals surface area contributed by atoms with E-state index in [2.05, 4.69) is 43.3 Å². The molecule has 0 N–H and O–H groups in total. The first-order chi connectivity index (χ1) is 8.38. The van der Waals surface area contributed by atoms with Crippen molar-refractivity contribution in [3.8, 4) is 11.3 Å². The van der Waals surface area contributed by atoms with Crippen LogP contribution >= 0.6 is 0 Å². The fourth-order valence-corrected chi connectivity index (χ4v) is 2.24. The van der Waals surface area contributed by atoms with E-state index < -0.39 is 0 Å². The van der Waals surface area contributed by atoms with Crippen LogP contribution < -0.4 is 0 Å². The molecule has 2 aromatic carbocycles. The molecule has 3 aromatic rings. The minimum absolute atomic E-state index is 0.951. The lowest BCUT2D eigenvalue weighted by atomic mass is 9.98. The second-order valence-corrected chi connectivity index (χ2v) is 4.19. The molecule has 0 amide bonds. The van der Waals surface area contributed by atoms with Gasteiger partial charge in [-0.1, -0.05) is 37.3 Å². The van der Waals surface area contributed by atoms with Gasteiger partial charge in [0.1, 0.15) is 5.76 Å². The highest BCUT2D eigenvalue weighted by molar-refractivity contribution is 5.88. The van der Waals surface area contributed by atoms with Gasteiger partial charge in [-0.05, 0) is 41.0 Å². The molecule has 0 spiro atoms. The van der Waals surface area contributed by atoms with Gasteiger partial charge >= 0.3 is 0 Å². The Morgan fingerprint density at radius 1 is 0.941 bits per heavy atom. The Balaban J connectivity index is 2.29. The lowest BCUT2D eigenvalue weighted by molar-refractivity contribution is 0.582. The Kier molecular flexibility index (Phi) is 2.45. The summed E-state index contributed by atoms with van der Waals surface area (Å²) in [5.74, 6) is 0.951. The molecule has 3 rings (SSSR count). The number of aryl methyl sites for hydroxylation is 1. The normalized spacial score (nSPS) is 10.9. The minimum Gasteiger partial charge on any atom is -0.464 e. The Bertz CT molecular complexity index is 636. The van der Waals surface area contributed by atoms with Crippen LogP contribution in [-0.2, 0) is 6.42 Å². The van der Waals surface area contributed by atoms with Gasteiger partial charge in [-0.15, -0.1) is 0 Å². The summed E-state index contributed by atoms with van der Waals surface area (Å²) in [7, 11) is 0. The average Bonchev–Trinajstić information content (AvgIpc) is 2.91. The Morgan fingerprint density at radius 3 is 2.35 bits per heavy atom. The first-order valence-electron chi connectivity index (χ1n) is 5.94. The molecule has 0 atom stereocenters. The van der Waals surface area contributed by atoms with Crippen molar-refractivity contribution >= 4 is 10.8 Å². The predicted molar refractivity (Wildman–Crippen MR) is 71.0 cm³/mol. The van der Waals surface area contributed by atoms with Crippen LogP contribution in [0.3, 0.4) is 0 Å².